The summed E-state index contributed by atoms with van der Waals surface area (Å²) in [6.45, 7) is 8.08. The van der Waals surface area contributed by atoms with Gasteiger partial charge >= 0.3 is 0 Å². The van der Waals surface area contributed by atoms with Gasteiger partial charge in [-0.3, -0.25) is 0 Å². The average Bonchev–Trinajstić information content (AvgIpc) is 2.61. The van der Waals surface area contributed by atoms with Crippen LogP contribution >= 0.6 is 15.9 Å². The molecule has 2 nitrogen and oxygen atoms in total. The Hall–Kier alpha value is -0.700. The van der Waals surface area contributed by atoms with E-state index in [0.29, 0.717) is 4.83 Å². The second-order valence-corrected chi connectivity index (χ2v) is 7.15. The van der Waals surface area contributed by atoms with Gasteiger partial charge in [0.2, 0.25) is 0 Å². The van der Waals surface area contributed by atoms with Crippen molar-refractivity contribution in [1.82, 2.24) is 0 Å². The van der Waals surface area contributed by atoms with E-state index in [9.17, 15) is 0 Å². The first kappa shape index (κ1) is 16.7. The second-order valence-electron chi connectivity index (χ2n) is 6.04. The molecule has 0 bridgehead atoms. The van der Waals surface area contributed by atoms with E-state index in [4.69, 9.17) is 9.47 Å². The summed E-state index contributed by atoms with van der Waals surface area (Å²) >= 11 is 3.86. The summed E-state index contributed by atoms with van der Waals surface area (Å²) in [5.41, 5.74) is 2.80. The van der Waals surface area contributed by atoms with Gasteiger partial charge in [0.1, 0.15) is 0 Å². The van der Waals surface area contributed by atoms with Gasteiger partial charge in [-0.2, -0.15) is 0 Å². The molecule has 1 aliphatic rings. The van der Waals surface area contributed by atoms with Crippen molar-refractivity contribution in [2.24, 2.45) is 5.92 Å². The standard InChI is InChI=1S/C18H27BrO2/c1-4-8-20-17-11-14-7-6-13(3)10-16(19)15(14)12-18(17)21-9-5-2/h11-13,16H,4-10H2,1-3H3. The first-order chi connectivity index (χ1) is 10.2. The summed E-state index contributed by atoms with van der Waals surface area (Å²) in [5, 5.41) is 0. The predicted octanol–water partition coefficient (Wildman–Crippen LogP) is 5.67. The quantitative estimate of drug-likeness (QED) is 0.483. The number of aryl methyl sites for hydroxylation is 1. The van der Waals surface area contributed by atoms with Crippen LogP contribution in [0.1, 0.15) is 62.4 Å². The predicted molar refractivity (Wildman–Crippen MR) is 91.8 cm³/mol. The summed E-state index contributed by atoms with van der Waals surface area (Å²) in [6, 6.07) is 4.41. The Bertz CT molecular complexity index is 459. The van der Waals surface area contributed by atoms with Crippen LogP contribution in [0.3, 0.4) is 0 Å². The van der Waals surface area contributed by atoms with Gasteiger partial charge in [-0.05, 0) is 61.3 Å². The Morgan fingerprint density at radius 1 is 1.10 bits per heavy atom. The Morgan fingerprint density at radius 2 is 1.71 bits per heavy atom. The highest BCUT2D eigenvalue weighted by atomic mass is 79.9. The van der Waals surface area contributed by atoms with Crippen LogP contribution in [-0.4, -0.2) is 13.2 Å². The van der Waals surface area contributed by atoms with E-state index in [1.807, 2.05) is 0 Å². The number of alkyl halides is 1. The van der Waals surface area contributed by atoms with Crippen molar-refractivity contribution in [2.75, 3.05) is 13.2 Å². The molecule has 0 spiro atoms. The maximum Gasteiger partial charge on any atom is 0.161 e. The van der Waals surface area contributed by atoms with Crippen LogP contribution in [0, 0.1) is 5.92 Å². The molecule has 3 heteroatoms. The van der Waals surface area contributed by atoms with Gasteiger partial charge in [0.05, 0.1) is 13.2 Å². The smallest absolute Gasteiger partial charge is 0.161 e. The van der Waals surface area contributed by atoms with Crippen molar-refractivity contribution in [3.8, 4) is 11.5 Å². The minimum absolute atomic E-state index is 0.425. The molecule has 0 amide bonds. The second kappa shape index (κ2) is 8.07. The van der Waals surface area contributed by atoms with E-state index < -0.39 is 0 Å². The lowest BCUT2D eigenvalue weighted by Crippen LogP contribution is -2.04. The highest BCUT2D eigenvalue weighted by molar-refractivity contribution is 9.09. The molecule has 0 heterocycles. The highest BCUT2D eigenvalue weighted by Crippen LogP contribution is 2.42. The Labute approximate surface area is 137 Å². The number of hydrogen-bond donors (Lipinski definition) is 0. The molecule has 1 aromatic carbocycles. The monoisotopic (exact) mass is 354 g/mol. The van der Waals surface area contributed by atoms with Gasteiger partial charge in [0.15, 0.2) is 11.5 Å². The topological polar surface area (TPSA) is 18.5 Å². The van der Waals surface area contributed by atoms with E-state index in [1.54, 1.807) is 0 Å². The molecule has 1 aromatic rings. The van der Waals surface area contributed by atoms with Crippen molar-refractivity contribution in [1.29, 1.82) is 0 Å². The van der Waals surface area contributed by atoms with Gasteiger partial charge in [-0.1, -0.05) is 36.7 Å². The third kappa shape index (κ3) is 4.38. The van der Waals surface area contributed by atoms with Crippen molar-refractivity contribution in [3.63, 3.8) is 0 Å². The van der Waals surface area contributed by atoms with Crippen LogP contribution in [0.5, 0.6) is 11.5 Å². The van der Waals surface area contributed by atoms with E-state index in [0.717, 1.165) is 49.9 Å². The fraction of sp³-hybridized carbons (Fsp3) is 0.667. The zero-order valence-corrected chi connectivity index (χ0v) is 15.0. The normalized spacial score (nSPS) is 21.5. The summed E-state index contributed by atoms with van der Waals surface area (Å²) in [6.07, 6.45) is 5.60. The molecule has 21 heavy (non-hydrogen) atoms. The average molecular weight is 355 g/mol. The Kier molecular flexibility index (Phi) is 6.40. The van der Waals surface area contributed by atoms with Crippen molar-refractivity contribution in [3.05, 3.63) is 23.3 Å². The van der Waals surface area contributed by atoms with Crippen molar-refractivity contribution in [2.45, 2.75) is 57.7 Å². The van der Waals surface area contributed by atoms with Crippen LogP contribution < -0.4 is 9.47 Å². The Morgan fingerprint density at radius 3 is 2.33 bits per heavy atom. The van der Waals surface area contributed by atoms with Crippen molar-refractivity contribution < 1.29 is 9.47 Å². The molecular weight excluding hydrogens is 328 g/mol. The lowest BCUT2D eigenvalue weighted by atomic mass is 10.0. The van der Waals surface area contributed by atoms with Gasteiger partial charge in [0, 0.05) is 4.83 Å². The molecular formula is C18H27BrO2. The summed E-state index contributed by atoms with van der Waals surface area (Å²) < 4.78 is 11.8. The molecule has 2 unspecified atom stereocenters. The first-order valence-electron chi connectivity index (χ1n) is 8.22. The largest absolute Gasteiger partial charge is 0.490 e. The fourth-order valence-corrected chi connectivity index (χ4v) is 3.84. The number of rotatable bonds is 6. The van der Waals surface area contributed by atoms with Gasteiger partial charge < -0.3 is 9.47 Å². The lowest BCUT2D eigenvalue weighted by molar-refractivity contribution is 0.268. The minimum Gasteiger partial charge on any atom is -0.490 e. The first-order valence-corrected chi connectivity index (χ1v) is 9.13. The van der Waals surface area contributed by atoms with Crippen LogP contribution in [0.4, 0.5) is 0 Å². The third-order valence-corrected chi connectivity index (χ3v) is 4.85. The molecule has 0 radical (unpaired) electrons. The van der Waals surface area contributed by atoms with Crippen LogP contribution in [0.2, 0.25) is 0 Å². The summed E-state index contributed by atoms with van der Waals surface area (Å²) in [7, 11) is 0. The molecule has 118 valence electrons. The van der Waals surface area contributed by atoms with E-state index in [-0.39, 0.29) is 0 Å². The number of hydrogen-bond acceptors (Lipinski definition) is 2. The van der Waals surface area contributed by atoms with Crippen LogP contribution in [0.25, 0.3) is 0 Å². The number of benzene rings is 1. The van der Waals surface area contributed by atoms with E-state index in [1.165, 1.54) is 24.0 Å². The number of halogens is 1. The lowest BCUT2D eigenvalue weighted by Gasteiger charge is -2.18. The molecule has 2 rings (SSSR count). The van der Waals surface area contributed by atoms with Crippen molar-refractivity contribution >= 4 is 15.9 Å². The molecule has 0 aliphatic heterocycles. The Balaban J connectivity index is 2.32. The van der Waals surface area contributed by atoms with Crippen LogP contribution in [0.15, 0.2) is 12.1 Å². The maximum atomic E-state index is 5.92. The van der Waals surface area contributed by atoms with Gasteiger partial charge in [-0.25, -0.2) is 0 Å². The molecule has 0 N–H and O–H groups in total. The van der Waals surface area contributed by atoms with Crippen LogP contribution in [-0.2, 0) is 6.42 Å². The SMILES string of the molecule is CCCOc1cc2c(cc1OCCC)C(Br)CC(C)CC2. The number of ether oxygens (including phenoxy) is 2. The van der Waals surface area contributed by atoms with Gasteiger partial charge in [0.25, 0.3) is 0 Å². The van der Waals surface area contributed by atoms with E-state index >= 15 is 0 Å². The molecule has 0 fully saturated rings. The molecule has 0 saturated heterocycles. The molecule has 1 aliphatic carbocycles. The van der Waals surface area contributed by atoms with Gasteiger partial charge in [-0.15, -0.1) is 0 Å². The molecule has 0 saturated carbocycles. The minimum atomic E-state index is 0.425. The third-order valence-electron chi connectivity index (χ3n) is 3.98. The maximum absolute atomic E-state index is 5.92. The van der Waals surface area contributed by atoms with E-state index in [2.05, 4.69) is 48.8 Å². The molecule has 2 atom stereocenters. The summed E-state index contributed by atoms with van der Waals surface area (Å²) in [4.78, 5) is 0.425. The summed E-state index contributed by atoms with van der Waals surface area (Å²) in [5.74, 6) is 2.57. The zero-order valence-electron chi connectivity index (χ0n) is 13.5. The number of fused-ring (bicyclic) bond motifs is 1. The molecule has 0 aromatic heterocycles. The zero-order chi connectivity index (χ0) is 15.2. The highest BCUT2D eigenvalue weighted by Gasteiger charge is 2.23. The fourth-order valence-electron chi connectivity index (χ4n) is 2.78.